The predicted molar refractivity (Wildman–Crippen MR) is 79.1 cm³/mol. The van der Waals surface area contributed by atoms with Gasteiger partial charge in [-0.25, -0.2) is 4.79 Å². The number of hydrogen-bond acceptors (Lipinski definition) is 4. The van der Waals surface area contributed by atoms with Gasteiger partial charge in [-0.15, -0.1) is 0 Å². The predicted octanol–water partition coefficient (Wildman–Crippen LogP) is 2.56. The summed E-state index contributed by atoms with van der Waals surface area (Å²) >= 11 is 0. The van der Waals surface area contributed by atoms with E-state index < -0.39 is 17.8 Å². The summed E-state index contributed by atoms with van der Waals surface area (Å²) in [5.41, 5.74) is 0.730. The minimum Gasteiger partial charge on any atom is -0.478 e. The molecule has 2 rings (SSSR count). The highest BCUT2D eigenvalue weighted by atomic mass is 16.5. The third kappa shape index (κ3) is 3.92. The molecule has 2 N–H and O–H groups in total. The van der Waals surface area contributed by atoms with Gasteiger partial charge in [0.05, 0.1) is 5.56 Å². The van der Waals surface area contributed by atoms with Gasteiger partial charge in [-0.05, 0) is 36.4 Å². The van der Waals surface area contributed by atoms with E-state index >= 15 is 0 Å². The summed E-state index contributed by atoms with van der Waals surface area (Å²) in [5.74, 6) is -1.73. The Morgan fingerprint density at radius 3 is 2.36 bits per heavy atom. The van der Waals surface area contributed by atoms with Crippen LogP contribution in [0, 0.1) is 0 Å². The number of carboxylic acids is 1. The van der Waals surface area contributed by atoms with Gasteiger partial charge >= 0.3 is 11.9 Å². The van der Waals surface area contributed by atoms with Crippen LogP contribution in [0.2, 0.25) is 0 Å². The van der Waals surface area contributed by atoms with Crippen molar-refractivity contribution in [2.75, 3.05) is 5.32 Å². The highest BCUT2D eigenvalue weighted by Crippen LogP contribution is 2.16. The number of carboxylic acid groups (broad SMARTS) is 1. The number of anilines is 1. The zero-order chi connectivity index (χ0) is 16.1. The molecule has 6 nitrogen and oxygen atoms in total. The summed E-state index contributed by atoms with van der Waals surface area (Å²) < 4.78 is 4.91. The first kappa shape index (κ1) is 15.2. The first-order valence-corrected chi connectivity index (χ1v) is 6.39. The molecule has 0 aliphatic rings. The number of ether oxygens (including phenoxy) is 1. The molecule has 6 heteroatoms. The number of amides is 1. The van der Waals surface area contributed by atoms with Gasteiger partial charge in [0.15, 0.2) is 0 Å². The molecule has 0 saturated heterocycles. The van der Waals surface area contributed by atoms with Crippen molar-refractivity contribution in [2.45, 2.75) is 6.92 Å². The van der Waals surface area contributed by atoms with E-state index in [0.29, 0.717) is 11.3 Å². The molecule has 0 bridgehead atoms. The molecule has 0 aromatic heterocycles. The summed E-state index contributed by atoms with van der Waals surface area (Å²) in [6.07, 6.45) is 0. The molecule has 0 heterocycles. The van der Waals surface area contributed by atoms with Gasteiger partial charge in [0.25, 0.3) is 5.91 Å². The molecule has 2 aromatic carbocycles. The lowest BCUT2D eigenvalue weighted by Crippen LogP contribution is -2.13. The summed E-state index contributed by atoms with van der Waals surface area (Å²) in [7, 11) is 0. The van der Waals surface area contributed by atoms with E-state index in [1.54, 1.807) is 24.3 Å². The summed E-state index contributed by atoms with van der Waals surface area (Å²) in [6.45, 7) is 1.27. The van der Waals surface area contributed by atoms with Crippen molar-refractivity contribution in [3.63, 3.8) is 0 Å². The van der Waals surface area contributed by atoms with Crippen LogP contribution in [0.1, 0.15) is 27.6 Å². The number of aromatic carboxylic acids is 1. The summed E-state index contributed by atoms with van der Waals surface area (Å²) in [4.78, 5) is 33.9. The Bertz CT molecular complexity index is 739. The largest absolute Gasteiger partial charge is 0.478 e. The molecule has 0 aliphatic carbocycles. The SMILES string of the molecule is CC(=O)Oc1cccc(C(=O)Nc2cccc(C(=O)O)c2)c1. The molecule has 0 radical (unpaired) electrons. The first-order valence-electron chi connectivity index (χ1n) is 6.39. The fraction of sp³-hybridized carbons (Fsp3) is 0.0625. The van der Waals surface area contributed by atoms with Gasteiger partial charge in [0, 0.05) is 18.2 Å². The van der Waals surface area contributed by atoms with Crippen molar-refractivity contribution in [3.05, 3.63) is 59.7 Å². The van der Waals surface area contributed by atoms with Crippen molar-refractivity contribution in [2.24, 2.45) is 0 Å². The summed E-state index contributed by atoms with van der Waals surface area (Å²) in [6, 6.07) is 12.0. The normalized spacial score (nSPS) is 9.86. The lowest BCUT2D eigenvalue weighted by atomic mass is 10.1. The van der Waals surface area contributed by atoms with Crippen LogP contribution in [0.25, 0.3) is 0 Å². The number of hydrogen-bond donors (Lipinski definition) is 2. The van der Waals surface area contributed by atoms with Gasteiger partial charge in [-0.2, -0.15) is 0 Å². The first-order chi connectivity index (χ1) is 10.5. The standard InChI is InChI=1S/C16H13NO5/c1-10(18)22-14-7-3-4-11(9-14)15(19)17-13-6-2-5-12(8-13)16(20)21/h2-9H,1H3,(H,17,19)(H,20,21). The van der Waals surface area contributed by atoms with E-state index in [9.17, 15) is 14.4 Å². The number of esters is 1. The Labute approximate surface area is 126 Å². The van der Waals surface area contributed by atoms with Gasteiger partial charge in [0.2, 0.25) is 0 Å². The maximum Gasteiger partial charge on any atom is 0.335 e. The third-order valence-electron chi connectivity index (χ3n) is 2.73. The average Bonchev–Trinajstić information content (AvgIpc) is 2.47. The molecule has 0 atom stereocenters. The fourth-order valence-corrected chi connectivity index (χ4v) is 1.80. The molecule has 22 heavy (non-hydrogen) atoms. The lowest BCUT2D eigenvalue weighted by Gasteiger charge is -2.07. The van der Waals surface area contributed by atoms with Crippen LogP contribution in [-0.2, 0) is 4.79 Å². The zero-order valence-electron chi connectivity index (χ0n) is 11.7. The van der Waals surface area contributed by atoms with E-state index in [4.69, 9.17) is 9.84 Å². The second-order valence-electron chi connectivity index (χ2n) is 4.46. The molecule has 2 aromatic rings. The van der Waals surface area contributed by atoms with Gasteiger partial charge in [0.1, 0.15) is 5.75 Å². The van der Waals surface area contributed by atoms with E-state index in [1.165, 1.54) is 31.2 Å². The number of carbonyl (C=O) groups excluding carboxylic acids is 2. The topological polar surface area (TPSA) is 92.7 Å². The molecular weight excluding hydrogens is 286 g/mol. The summed E-state index contributed by atoms with van der Waals surface area (Å²) in [5, 5.41) is 11.5. The van der Waals surface area contributed by atoms with Crippen LogP contribution in [0.15, 0.2) is 48.5 Å². The molecule has 0 fully saturated rings. The van der Waals surface area contributed by atoms with Crippen LogP contribution in [0.4, 0.5) is 5.69 Å². The average molecular weight is 299 g/mol. The monoisotopic (exact) mass is 299 g/mol. The Morgan fingerprint density at radius 2 is 1.68 bits per heavy atom. The van der Waals surface area contributed by atoms with Crippen LogP contribution < -0.4 is 10.1 Å². The Balaban J connectivity index is 2.17. The van der Waals surface area contributed by atoms with Crippen molar-refractivity contribution >= 4 is 23.5 Å². The van der Waals surface area contributed by atoms with Crippen LogP contribution in [0.5, 0.6) is 5.75 Å². The smallest absolute Gasteiger partial charge is 0.335 e. The molecule has 0 spiro atoms. The van der Waals surface area contributed by atoms with Crippen molar-refractivity contribution < 1.29 is 24.2 Å². The fourth-order valence-electron chi connectivity index (χ4n) is 1.80. The van der Waals surface area contributed by atoms with Gasteiger partial charge in [-0.1, -0.05) is 12.1 Å². The Morgan fingerprint density at radius 1 is 1.00 bits per heavy atom. The Kier molecular flexibility index (Phi) is 4.53. The maximum absolute atomic E-state index is 12.1. The van der Waals surface area contributed by atoms with E-state index in [2.05, 4.69) is 5.32 Å². The van der Waals surface area contributed by atoms with E-state index in [0.717, 1.165) is 0 Å². The number of nitrogens with one attached hydrogen (secondary N) is 1. The van der Waals surface area contributed by atoms with Gasteiger partial charge in [-0.3, -0.25) is 9.59 Å². The minimum absolute atomic E-state index is 0.0754. The number of benzene rings is 2. The lowest BCUT2D eigenvalue weighted by molar-refractivity contribution is -0.131. The minimum atomic E-state index is -1.08. The molecule has 0 saturated carbocycles. The zero-order valence-corrected chi connectivity index (χ0v) is 11.7. The van der Waals surface area contributed by atoms with E-state index in [-0.39, 0.29) is 11.3 Å². The van der Waals surface area contributed by atoms with Crippen LogP contribution in [0.3, 0.4) is 0 Å². The van der Waals surface area contributed by atoms with Gasteiger partial charge < -0.3 is 15.2 Å². The quantitative estimate of drug-likeness (QED) is 0.668. The molecular formula is C16H13NO5. The third-order valence-corrected chi connectivity index (χ3v) is 2.73. The highest BCUT2D eigenvalue weighted by Gasteiger charge is 2.10. The Hall–Kier alpha value is -3.15. The number of rotatable bonds is 4. The highest BCUT2D eigenvalue weighted by molar-refractivity contribution is 6.05. The second kappa shape index (κ2) is 6.53. The molecule has 1 amide bonds. The maximum atomic E-state index is 12.1. The van der Waals surface area contributed by atoms with E-state index in [1.807, 2.05) is 0 Å². The number of carbonyl (C=O) groups is 3. The second-order valence-corrected chi connectivity index (χ2v) is 4.46. The van der Waals surface area contributed by atoms with Crippen molar-refractivity contribution in [1.29, 1.82) is 0 Å². The molecule has 0 aliphatic heterocycles. The molecule has 0 unspecified atom stereocenters. The van der Waals surface area contributed by atoms with Crippen molar-refractivity contribution in [3.8, 4) is 5.75 Å². The van der Waals surface area contributed by atoms with Crippen LogP contribution >= 0.6 is 0 Å². The molecule has 112 valence electrons. The van der Waals surface area contributed by atoms with Crippen LogP contribution in [-0.4, -0.2) is 23.0 Å². The van der Waals surface area contributed by atoms with Crippen molar-refractivity contribution in [1.82, 2.24) is 0 Å².